The van der Waals surface area contributed by atoms with Gasteiger partial charge < -0.3 is 0 Å². The molecule has 0 spiro atoms. The molecule has 0 aliphatic carbocycles. The summed E-state index contributed by atoms with van der Waals surface area (Å²) in [4.78, 5) is 19.9. The highest BCUT2D eigenvalue weighted by Crippen LogP contribution is 2.40. The maximum absolute atomic E-state index is 5.10. The van der Waals surface area contributed by atoms with E-state index < -0.39 is 0 Å². The van der Waals surface area contributed by atoms with Crippen molar-refractivity contribution >= 4 is 54.1 Å². The second-order valence-electron chi connectivity index (χ2n) is 13.9. The van der Waals surface area contributed by atoms with Gasteiger partial charge in [0.15, 0.2) is 5.82 Å². The van der Waals surface area contributed by atoms with Gasteiger partial charge in [0.1, 0.15) is 0 Å². The second-order valence-corrected chi connectivity index (χ2v) is 13.9. The van der Waals surface area contributed by atoms with Crippen LogP contribution in [0.3, 0.4) is 0 Å². The first kappa shape index (κ1) is 30.3. The van der Waals surface area contributed by atoms with Crippen LogP contribution in [0.25, 0.3) is 110 Å². The molecular formula is C50H30N4. The molecule has 11 aromatic rings. The van der Waals surface area contributed by atoms with Crippen LogP contribution in [-0.2, 0) is 0 Å². The largest absolute Gasteiger partial charge is 0.254 e. The lowest BCUT2D eigenvalue weighted by molar-refractivity contribution is 1.18. The predicted molar refractivity (Wildman–Crippen MR) is 224 cm³/mol. The Morgan fingerprint density at radius 1 is 0.315 bits per heavy atom. The third-order valence-corrected chi connectivity index (χ3v) is 10.7. The van der Waals surface area contributed by atoms with E-state index in [0.29, 0.717) is 5.82 Å². The molecule has 4 nitrogen and oxygen atoms in total. The van der Waals surface area contributed by atoms with Gasteiger partial charge in [-0.1, -0.05) is 158 Å². The van der Waals surface area contributed by atoms with Crippen LogP contribution < -0.4 is 0 Å². The Morgan fingerprint density at radius 3 is 1.59 bits per heavy atom. The van der Waals surface area contributed by atoms with Crippen molar-refractivity contribution in [3.63, 3.8) is 0 Å². The van der Waals surface area contributed by atoms with E-state index in [1.165, 1.54) is 43.4 Å². The van der Waals surface area contributed by atoms with Crippen LogP contribution in [0, 0.1) is 0 Å². The standard InChI is InChI=1S/C50H30N4/c1-2-6-40(7-3-1)50-53-44(33-13-11-31(12-14-33)41-26-23-37-20-19-35-8-4-9-36-24-27-42(41)47(37)46(35)36)30-45(54-50)34-17-15-32(16-18-34)43-28-25-39-22-21-38-10-5-29-51-48(38)49(39)52-43/h1-30H. The first-order chi connectivity index (χ1) is 26.7. The van der Waals surface area contributed by atoms with Gasteiger partial charge in [0.2, 0.25) is 0 Å². The van der Waals surface area contributed by atoms with Crippen LogP contribution >= 0.6 is 0 Å². The highest BCUT2D eigenvalue weighted by atomic mass is 14.9. The van der Waals surface area contributed by atoms with Crippen molar-refractivity contribution in [2.45, 2.75) is 0 Å². The van der Waals surface area contributed by atoms with Crippen molar-refractivity contribution in [1.29, 1.82) is 0 Å². The zero-order chi connectivity index (χ0) is 35.6. The zero-order valence-corrected chi connectivity index (χ0v) is 29.1. The van der Waals surface area contributed by atoms with Gasteiger partial charge in [-0.2, -0.15) is 0 Å². The molecule has 0 saturated carbocycles. The zero-order valence-electron chi connectivity index (χ0n) is 29.1. The summed E-state index contributed by atoms with van der Waals surface area (Å²) in [5, 5.41) is 9.91. The number of aromatic nitrogens is 4. The predicted octanol–water partition coefficient (Wildman–Crippen LogP) is 12.8. The molecule has 0 N–H and O–H groups in total. The lowest BCUT2D eigenvalue weighted by Crippen LogP contribution is -1.96. The number of fused-ring (bicyclic) bond motifs is 3. The molecule has 0 unspecified atom stereocenters. The highest BCUT2D eigenvalue weighted by Gasteiger charge is 2.15. The first-order valence-corrected chi connectivity index (χ1v) is 18.2. The third kappa shape index (κ3) is 5.00. The maximum Gasteiger partial charge on any atom is 0.160 e. The van der Waals surface area contributed by atoms with Crippen LogP contribution in [0.4, 0.5) is 0 Å². The Balaban J connectivity index is 0.976. The van der Waals surface area contributed by atoms with Gasteiger partial charge in [0, 0.05) is 39.2 Å². The summed E-state index contributed by atoms with van der Waals surface area (Å²) < 4.78 is 0. The first-order valence-electron chi connectivity index (χ1n) is 18.2. The molecule has 0 fully saturated rings. The quantitative estimate of drug-likeness (QED) is 0.169. The summed E-state index contributed by atoms with van der Waals surface area (Å²) in [7, 11) is 0. The van der Waals surface area contributed by atoms with Gasteiger partial charge >= 0.3 is 0 Å². The van der Waals surface area contributed by atoms with Gasteiger partial charge in [0.05, 0.1) is 28.1 Å². The number of benzene rings is 8. The molecule has 3 aromatic heterocycles. The third-order valence-electron chi connectivity index (χ3n) is 10.7. The number of rotatable bonds is 5. The van der Waals surface area contributed by atoms with Gasteiger partial charge in [-0.25, -0.2) is 15.0 Å². The van der Waals surface area contributed by atoms with Crippen LogP contribution in [-0.4, -0.2) is 19.9 Å². The Labute approximate surface area is 311 Å². The molecular weight excluding hydrogens is 657 g/mol. The van der Waals surface area contributed by atoms with Crippen molar-refractivity contribution < 1.29 is 0 Å². The van der Waals surface area contributed by atoms with Crippen molar-refractivity contribution in [3.8, 4) is 56.3 Å². The summed E-state index contributed by atoms with van der Waals surface area (Å²) in [6.07, 6.45) is 1.83. The molecule has 0 radical (unpaired) electrons. The summed E-state index contributed by atoms with van der Waals surface area (Å²) in [5.41, 5.74) is 10.9. The van der Waals surface area contributed by atoms with Crippen molar-refractivity contribution in [2.24, 2.45) is 0 Å². The van der Waals surface area contributed by atoms with E-state index in [4.69, 9.17) is 15.0 Å². The average Bonchev–Trinajstić information content (AvgIpc) is 3.25. The van der Waals surface area contributed by atoms with E-state index in [1.807, 2.05) is 30.5 Å². The van der Waals surface area contributed by atoms with Gasteiger partial charge in [-0.15, -0.1) is 0 Å². The number of hydrogen-bond donors (Lipinski definition) is 0. The Hall–Kier alpha value is -7.30. The van der Waals surface area contributed by atoms with Gasteiger partial charge in [-0.3, -0.25) is 4.98 Å². The summed E-state index contributed by atoms with van der Waals surface area (Å²) in [6.45, 7) is 0. The van der Waals surface area contributed by atoms with E-state index in [0.717, 1.165) is 61.1 Å². The minimum Gasteiger partial charge on any atom is -0.254 e. The topological polar surface area (TPSA) is 51.6 Å². The maximum atomic E-state index is 5.10. The second kappa shape index (κ2) is 12.1. The van der Waals surface area contributed by atoms with Crippen molar-refractivity contribution in [1.82, 2.24) is 19.9 Å². The normalized spacial score (nSPS) is 11.7. The molecule has 0 aliphatic rings. The molecule has 11 rings (SSSR count). The average molecular weight is 687 g/mol. The number of nitrogens with zero attached hydrogens (tertiary/aromatic N) is 4. The molecule has 3 heterocycles. The van der Waals surface area contributed by atoms with Crippen molar-refractivity contribution in [3.05, 3.63) is 182 Å². The summed E-state index contributed by atoms with van der Waals surface area (Å²) >= 11 is 0. The Morgan fingerprint density at radius 2 is 0.870 bits per heavy atom. The monoisotopic (exact) mass is 686 g/mol. The lowest BCUT2D eigenvalue weighted by Gasteiger charge is -2.14. The van der Waals surface area contributed by atoms with Gasteiger partial charge in [0.25, 0.3) is 0 Å². The fourth-order valence-electron chi connectivity index (χ4n) is 7.96. The minimum atomic E-state index is 0.693. The molecule has 0 amide bonds. The fourth-order valence-corrected chi connectivity index (χ4v) is 7.96. The molecule has 250 valence electrons. The molecule has 4 heteroatoms. The molecule has 0 atom stereocenters. The van der Waals surface area contributed by atoms with E-state index in [9.17, 15) is 0 Å². The highest BCUT2D eigenvalue weighted by molar-refractivity contribution is 6.25. The summed E-state index contributed by atoms with van der Waals surface area (Å²) in [6, 6.07) is 62.1. The number of pyridine rings is 2. The van der Waals surface area contributed by atoms with Crippen LogP contribution in [0.2, 0.25) is 0 Å². The van der Waals surface area contributed by atoms with E-state index >= 15 is 0 Å². The molecule has 0 bridgehead atoms. The fraction of sp³-hybridized carbons (Fsp3) is 0. The van der Waals surface area contributed by atoms with Crippen molar-refractivity contribution in [2.75, 3.05) is 0 Å². The van der Waals surface area contributed by atoms with Crippen LogP contribution in [0.15, 0.2) is 182 Å². The molecule has 0 saturated heterocycles. The molecule has 0 aliphatic heterocycles. The number of hydrogen-bond acceptors (Lipinski definition) is 4. The van der Waals surface area contributed by atoms with Crippen LogP contribution in [0.1, 0.15) is 0 Å². The summed E-state index contributed by atoms with van der Waals surface area (Å²) in [5.74, 6) is 0.693. The SMILES string of the molecule is c1ccc(-c2nc(-c3ccc(-c4ccc5ccc6cccnc6c5n4)cc3)cc(-c3ccc(-c4ccc5ccc6cccc7ccc4c5c67)cc3)n2)cc1. The Bertz CT molecular complexity index is 3170. The minimum absolute atomic E-state index is 0.693. The van der Waals surface area contributed by atoms with E-state index in [1.54, 1.807) is 0 Å². The molecule has 8 aromatic carbocycles. The lowest BCUT2D eigenvalue weighted by atomic mass is 9.89. The molecule has 54 heavy (non-hydrogen) atoms. The van der Waals surface area contributed by atoms with E-state index in [2.05, 4.69) is 157 Å². The van der Waals surface area contributed by atoms with Gasteiger partial charge in [-0.05, 0) is 61.6 Å². The Kier molecular flexibility index (Phi) is 6.82. The van der Waals surface area contributed by atoms with Crippen LogP contribution in [0.5, 0.6) is 0 Å². The van der Waals surface area contributed by atoms with E-state index in [-0.39, 0.29) is 0 Å². The smallest absolute Gasteiger partial charge is 0.160 e.